The number of aliphatic hydroxyl groups excluding tert-OH is 1. The number of carbonyl (C=O) groups excluding carboxylic acids is 1. The van der Waals surface area contributed by atoms with E-state index < -0.39 is 0 Å². The Morgan fingerprint density at radius 1 is 1.08 bits per heavy atom. The van der Waals surface area contributed by atoms with Gasteiger partial charge in [-0.1, -0.05) is 48.3 Å². The Hall–Kier alpha value is -2.28. The minimum atomic E-state index is -0.178. The summed E-state index contributed by atoms with van der Waals surface area (Å²) in [6.07, 6.45) is 1.94. The fraction of sp³-hybridized carbons (Fsp3) is 0.105. The summed E-state index contributed by atoms with van der Waals surface area (Å²) in [7, 11) is 0. The van der Waals surface area contributed by atoms with Crippen molar-refractivity contribution in [3.05, 3.63) is 70.4 Å². The molecule has 6 heteroatoms. The SMILES string of the molecule is CSNc1cccc(NC(=O)c2cc(-c3ccccc3)c(CO)s2)c1. The zero-order valence-electron chi connectivity index (χ0n) is 13.7. The van der Waals surface area contributed by atoms with E-state index in [0.717, 1.165) is 27.4 Å². The summed E-state index contributed by atoms with van der Waals surface area (Å²) in [4.78, 5) is 13.9. The van der Waals surface area contributed by atoms with Crippen LogP contribution in [0.5, 0.6) is 0 Å². The topological polar surface area (TPSA) is 61.4 Å². The molecule has 3 N–H and O–H groups in total. The molecule has 0 aliphatic carbocycles. The van der Waals surface area contributed by atoms with E-state index >= 15 is 0 Å². The van der Waals surface area contributed by atoms with Crippen molar-refractivity contribution in [3.63, 3.8) is 0 Å². The number of rotatable bonds is 6. The number of carbonyl (C=O) groups is 1. The Morgan fingerprint density at radius 3 is 2.56 bits per heavy atom. The van der Waals surface area contributed by atoms with Gasteiger partial charge in [-0.3, -0.25) is 4.79 Å². The van der Waals surface area contributed by atoms with Gasteiger partial charge in [0.05, 0.1) is 11.5 Å². The summed E-state index contributed by atoms with van der Waals surface area (Å²) < 4.78 is 3.14. The molecular formula is C19H18N2O2S2. The van der Waals surface area contributed by atoms with E-state index in [2.05, 4.69) is 10.0 Å². The van der Waals surface area contributed by atoms with E-state index in [9.17, 15) is 9.90 Å². The number of benzene rings is 2. The van der Waals surface area contributed by atoms with Crippen LogP contribution in [0.15, 0.2) is 60.7 Å². The third kappa shape index (κ3) is 4.22. The van der Waals surface area contributed by atoms with Gasteiger partial charge in [0.2, 0.25) is 0 Å². The summed E-state index contributed by atoms with van der Waals surface area (Å²) in [6, 6.07) is 19.2. The monoisotopic (exact) mass is 370 g/mol. The summed E-state index contributed by atoms with van der Waals surface area (Å²) in [6.45, 7) is -0.0880. The van der Waals surface area contributed by atoms with Crippen LogP contribution in [0.4, 0.5) is 11.4 Å². The van der Waals surface area contributed by atoms with E-state index in [1.165, 1.54) is 23.3 Å². The van der Waals surface area contributed by atoms with Crippen molar-refractivity contribution in [1.29, 1.82) is 0 Å². The molecule has 0 saturated heterocycles. The second-order valence-corrected chi connectivity index (χ2v) is 7.06. The number of hydrogen-bond donors (Lipinski definition) is 3. The highest BCUT2D eigenvalue weighted by molar-refractivity contribution is 7.99. The van der Waals surface area contributed by atoms with Crippen LogP contribution in [0.3, 0.4) is 0 Å². The molecule has 3 rings (SSSR count). The number of hydrogen-bond acceptors (Lipinski definition) is 5. The molecular weight excluding hydrogens is 352 g/mol. The maximum atomic E-state index is 12.6. The first-order valence-electron chi connectivity index (χ1n) is 7.70. The predicted molar refractivity (Wildman–Crippen MR) is 107 cm³/mol. The fourth-order valence-corrected chi connectivity index (χ4v) is 3.79. The molecule has 0 aliphatic rings. The molecule has 0 unspecified atom stereocenters. The number of amides is 1. The largest absolute Gasteiger partial charge is 0.391 e. The molecule has 25 heavy (non-hydrogen) atoms. The van der Waals surface area contributed by atoms with Crippen molar-refractivity contribution in [2.45, 2.75) is 6.61 Å². The molecule has 0 saturated carbocycles. The first-order valence-corrected chi connectivity index (χ1v) is 9.75. The highest BCUT2D eigenvalue weighted by Crippen LogP contribution is 2.32. The van der Waals surface area contributed by atoms with Gasteiger partial charge in [0.15, 0.2) is 0 Å². The Kier molecular flexibility index (Phi) is 5.75. The van der Waals surface area contributed by atoms with Gasteiger partial charge >= 0.3 is 0 Å². The maximum absolute atomic E-state index is 12.6. The van der Waals surface area contributed by atoms with E-state index in [4.69, 9.17) is 0 Å². The zero-order chi connectivity index (χ0) is 17.6. The molecule has 1 heterocycles. The highest BCUT2D eigenvalue weighted by Gasteiger charge is 2.15. The van der Waals surface area contributed by atoms with E-state index in [0.29, 0.717) is 4.88 Å². The van der Waals surface area contributed by atoms with Gasteiger partial charge in [-0.2, -0.15) is 0 Å². The van der Waals surface area contributed by atoms with Crippen LogP contribution in [-0.2, 0) is 6.61 Å². The molecule has 0 atom stereocenters. The molecule has 0 spiro atoms. The molecule has 3 aromatic rings. The lowest BCUT2D eigenvalue weighted by Crippen LogP contribution is -2.10. The molecule has 0 fully saturated rings. The van der Waals surface area contributed by atoms with Gasteiger partial charge in [-0.25, -0.2) is 0 Å². The molecule has 128 valence electrons. The lowest BCUT2D eigenvalue weighted by atomic mass is 10.1. The normalized spacial score (nSPS) is 10.5. The van der Waals surface area contributed by atoms with Crippen LogP contribution in [0.25, 0.3) is 11.1 Å². The minimum Gasteiger partial charge on any atom is -0.391 e. The molecule has 0 radical (unpaired) electrons. The number of aliphatic hydroxyl groups is 1. The standard InChI is InChI=1S/C19H18N2O2S2/c1-24-21-15-9-5-8-14(10-15)20-19(23)17-11-16(18(12-22)25-17)13-6-3-2-4-7-13/h2-11,21-22H,12H2,1H3,(H,20,23). The Morgan fingerprint density at radius 2 is 1.84 bits per heavy atom. The van der Waals surface area contributed by atoms with Gasteiger partial charge in [-0.05, 0) is 35.4 Å². The molecule has 2 aromatic carbocycles. The van der Waals surface area contributed by atoms with Crippen LogP contribution >= 0.6 is 23.3 Å². The summed E-state index contributed by atoms with van der Waals surface area (Å²) >= 11 is 2.81. The summed E-state index contributed by atoms with van der Waals surface area (Å²) in [5.74, 6) is -0.178. The number of anilines is 2. The lowest BCUT2D eigenvalue weighted by Gasteiger charge is -2.06. The van der Waals surface area contributed by atoms with Crippen LogP contribution in [0.2, 0.25) is 0 Å². The van der Waals surface area contributed by atoms with E-state index in [1.807, 2.05) is 66.9 Å². The van der Waals surface area contributed by atoms with Crippen molar-refractivity contribution < 1.29 is 9.90 Å². The second kappa shape index (κ2) is 8.20. The van der Waals surface area contributed by atoms with Crippen molar-refractivity contribution in [2.75, 3.05) is 16.3 Å². The third-order valence-electron chi connectivity index (χ3n) is 3.60. The predicted octanol–water partition coefficient (Wildman–Crippen LogP) is 4.85. The average molecular weight is 370 g/mol. The van der Waals surface area contributed by atoms with Gasteiger partial charge < -0.3 is 15.1 Å². The summed E-state index contributed by atoms with van der Waals surface area (Å²) in [5, 5.41) is 12.5. The first kappa shape index (κ1) is 17.5. The van der Waals surface area contributed by atoms with E-state index in [1.54, 1.807) is 0 Å². The van der Waals surface area contributed by atoms with Gasteiger partial charge in [0.25, 0.3) is 5.91 Å². The summed E-state index contributed by atoms with van der Waals surface area (Å²) in [5.41, 5.74) is 3.55. The molecule has 0 bridgehead atoms. The van der Waals surface area contributed by atoms with Crippen molar-refractivity contribution in [1.82, 2.24) is 0 Å². The number of nitrogens with one attached hydrogen (secondary N) is 2. The lowest BCUT2D eigenvalue weighted by molar-refractivity contribution is 0.103. The van der Waals surface area contributed by atoms with Gasteiger partial charge in [0.1, 0.15) is 0 Å². The van der Waals surface area contributed by atoms with Crippen molar-refractivity contribution in [3.8, 4) is 11.1 Å². The van der Waals surface area contributed by atoms with Gasteiger partial charge in [-0.15, -0.1) is 11.3 Å². The Balaban J connectivity index is 1.83. The van der Waals surface area contributed by atoms with Crippen molar-refractivity contribution >= 4 is 40.6 Å². The first-order chi connectivity index (χ1) is 12.2. The third-order valence-corrected chi connectivity index (χ3v) is 5.16. The van der Waals surface area contributed by atoms with Crippen molar-refractivity contribution in [2.24, 2.45) is 0 Å². The molecule has 4 nitrogen and oxygen atoms in total. The fourth-order valence-electron chi connectivity index (χ4n) is 2.49. The van der Waals surface area contributed by atoms with Crippen LogP contribution < -0.4 is 10.0 Å². The molecule has 0 aliphatic heterocycles. The maximum Gasteiger partial charge on any atom is 0.265 e. The van der Waals surface area contributed by atoms with Crippen LogP contribution in [-0.4, -0.2) is 17.3 Å². The van der Waals surface area contributed by atoms with Crippen LogP contribution in [0, 0.1) is 0 Å². The minimum absolute atomic E-state index is 0.0880. The Labute approximate surface area is 155 Å². The van der Waals surface area contributed by atoms with Crippen LogP contribution in [0.1, 0.15) is 14.5 Å². The quantitative estimate of drug-likeness (QED) is 0.543. The Bertz CT molecular complexity index is 863. The smallest absolute Gasteiger partial charge is 0.265 e. The van der Waals surface area contributed by atoms with Gasteiger partial charge in [0, 0.05) is 22.5 Å². The van der Waals surface area contributed by atoms with E-state index in [-0.39, 0.29) is 12.5 Å². The highest BCUT2D eigenvalue weighted by atomic mass is 32.2. The molecule has 1 aromatic heterocycles. The second-order valence-electron chi connectivity index (χ2n) is 5.31. The number of thiophene rings is 1. The zero-order valence-corrected chi connectivity index (χ0v) is 15.3. The molecule has 1 amide bonds. The average Bonchev–Trinajstić information content (AvgIpc) is 3.08.